The van der Waals surface area contributed by atoms with E-state index in [1.807, 2.05) is 0 Å². The van der Waals surface area contributed by atoms with Gasteiger partial charge >= 0.3 is 5.69 Å². The van der Waals surface area contributed by atoms with Crippen LogP contribution in [0.3, 0.4) is 0 Å². The van der Waals surface area contributed by atoms with Gasteiger partial charge in [-0.1, -0.05) is 0 Å². The molecular formula is C10H13N3O4. The first kappa shape index (κ1) is 13.2. The van der Waals surface area contributed by atoms with Crippen LogP contribution in [0.5, 0.6) is 0 Å². The molecule has 0 bridgehead atoms. The molecule has 0 aliphatic carbocycles. The number of nitriles is 1. The largest absolute Gasteiger partial charge is 0.382 e. The van der Waals surface area contributed by atoms with Gasteiger partial charge in [0.1, 0.15) is 11.6 Å². The van der Waals surface area contributed by atoms with Crippen LogP contribution in [-0.2, 0) is 16.0 Å². The molecule has 92 valence electrons. The summed E-state index contributed by atoms with van der Waals surface area (Å²) in [6.07, 6.45) is 1.22. The van der Waals surface area contributed by atoms with Crippen LogP contribution in [0.1, 0.15) is 5.56 Å². The van der Waals surface area contributed by atoms with Gasteiger partial charge in [0.05, 0.1) is 26.4 Å². The minimum atomic E-state index is -0.672. The molecule has 1 aromatic rings. The van der Waals surface area contributed by atoms with Crippen molar-refractivity contribution in [3.05, 3.63) is 32.6 Å². The van der Waals surface area contributed by atoms with E-state index in [0.29, 0.717) is 19.8 Å². The zero-order valence-electron chi connectivity index (χ0n) is 9.43. The third kappa shape index (κ3) is 3.86. The van der Waals surface area contributed by atoms with Crippen LogP contribution in [0.4, 0.5) is 0 Å². The molecule has 0 aromatic carbocycles. The van der Waals surface area contributed by atoms with Crippen molar-refractivity contribution >= 4 is 0 Å². The Bertz CT molecular complexity index is 512. The molecule has 0 saturated carbocycles. The number of methoxy groups -OCH3 is 1. The molecule has 7 nitrogen and oxygen atoms in total. The maximum absolute atomic E-state index is 11.3. The second-order valence-electron chi connectivity index (χ2n) is 3.21. The van der Waals surface area contributed by atoms with E-state index in [9.17, 15) is 9.59 Å². The predicted octanol–water partition coefficient (Wildman–Crippen LogP) is -0.929. The van der Waals surface area contributed by atoms with Gasteiger partial charge in [-0.25, -0.2) is 4.79 Å². The second-order valence-corrected chi connectivity index (χ2v) is 3.21. The molecule has 1 aromatic heterocycles. The van der Waals surface area contributed by atoms with E-state index < -0.39 is 11.2 Å². The minimum Gasteiger partial charge on any atom is -0.382 e. The number of ether oxygens (including phenoxy) is 2. The SMILES string of the molecule is COCCOCCn1cc(C#N)c(=O)[nH]c1=O. The summed E-state index contributed by atoms with van der Waals surface area (Å²) in [5, 5.41) is 8.64. The Morgan fingerprint density at radius 3 is 2.82 bits per heavy atom. The topological polar surface area (TPSA) is 97.1 Å². The molecule has 0 spiro atoms. The Kier molecular flexibility index (Phi) is 5.13. The predicted molar refractivity (Wildman–Crippen MR) is 58.7 cm³/mol. The molecule has 0 aliphatic rings. The Morgan fingerprint density at radius 1 is 1.41 bits per heavy atom. The average molecular weight is 239 g/mol. The minimum absolute atomic E-state index is 0.0958. The van der Waals surface area contributed by atoms with E-state index in [2.05, 4.69) is 4.98 Å². The van der Waals surface area contributed by atoms with Crippen molar-refractivity contribution in [1.29, 1.82) is 5.26 Å². The summed E-state index contributed by atoms with van der Waals surface area (Å²) in [6, 6.07) is 1.71. The maximum Gasteiger partial charge on any atom is 0.328 e. The molecule has 0 atom stereocenters. The molecule has 0 amide bonds. The highest BCUT2D eigenvalue weighted by atomic mass is 16.5. The molecular weight excluding hydrogens is 226 g/mol. The lowest BCUT2D eigenvalue weighted by Crippen LogP contribution is -2.32. The zero-order valence-corrected chi connectivity index (χ0v) is 9.43. The van der Waals surface area contributed by atoms with Gasteiger partial charge in [-0.15, -0.1) is 0 Å². The molecule has 0 fully saturated rings. The first-order chi connectivity index (χ1) is 8.19. The van der Waals surface area contributed by atoms with Gasteiger partial charge in [0.15, 0.2) is 0 Å². The number of H-pyrrole nitrogens is 1. The summed E-state index contributed by atoms with van der Waals surface area (Å²) < 4.78 is 11.2. The van der Waals surface area contributed by atoms with Crippen LogP contribution in [0.25, 0.3) is 0 Å². The fourth-order valence-electron chi connectivity index (χ4n) is 1.16. The number of aromatic amines is 1. The molecule has 1 heterocycles. The summed E-state index contributed by atoms with van der Waals surface area (Å²) in [7, 11) is 1.56. The smallest absolute Gasteiger partial charge is 0.328 e. The van der Waals surface area contributed by atoms with E-state index in [4.69, 9.17) is 14.7 Å². The normalized spacial score (nSPS) is 10.1. The summed E-state index contributed by atoms with van der Waals surface area (Å²) in [5.74, 6) is 0. The first-order valence-corrected chi connectivity index (χ1v) is 4.99. The maximum atomic E-state index is 11.3. The molecule has 17 heavy (non-hydrogen) atoms. The van der Waals surface area contributed by atoms with Crippen molar-refractivity contribution in [3.63, 3.8) is 0 Å². The number of rotatable bonds is 6. The van der Waals surface area contributed by atoms with Crippen LogP contribution in [-0.4, -0.2) is 36.5 Å². The number of nitrogens with one attached hydrogen (secondary N) is 1. The summed E-state index contributed by atoms with van der Waals surface area (Å²) >= 11 is 0. The Balaban J connectivity index is 2.63. The van der Waals surface area contributed by atoms with Gasteiger partial charge < -0.3 is 9.47 Å². The molecule has 1 N–H and O–H groups in total. The Labute approximate surface area is 97.2 Å². The highest BCUT2D eigenvalue weighted by Crippen LogP contribution is 1.86. The highest BCUT2D eigenvalue weighted by molar-refractivity contribution is 5.21. The van der Waals surface area contributed by atoms with Crippen LogP contribution in [0.15, 0.2) is 15.8 Å². The fourth-order valence-corrected chi connectivity index (χ4v) is 1.16. The third-order valence-electron chi connectivity index (χ3n) is 2.04. The van der Waals surface area contributed by atoms with E-state index in [1.165, 1.54) is 10.8 Å². The van der Waals surface area contributed by atoms with Crippen LogP contribution in [0.2, 0.25) is 0 Å². The quantitative estimate of drug-likeness (QED) is 0.647. The number of hydrogen-bond acceptors (Lipinski definition) is 5. The first-order valence-electron chi connectivity index (χ1n) is 4.99. The van der Waals surface area contributed by atoms with E-state index in [0.717, 1.165) is 0 Å². The molecule has 0 saturated heterocycles. The van der Waals surface area contributed by atoms with Crippen LogP contribution >= 0.6 is 0 Å². The lowest BCUT2D eigenvalue weighted by Gasteiger charge is -2.06. The standard InChI is InChI=1S/C10H13N3O4/c1-16-4-5-17-3-2-13-7-8(6-11)9(14)12-10(13)15/h7H,2-5H2,1H3,(H,12,14,15). The van der Waals surface area contributed by atoms with Crippen molar-refractivity contribution in [1.82, 2.24) is 9.55 Å². The second kappa shape index (κ2) is 6.62. The highest BCUT2D eigenvalue weighted by Gasteiger charge is 2.03. The van der Waals surface area contributed by atoms with Crippen molar-refractivity contribution in [2.75, 3.05) is 26.9 Å². The number of nitrogens with zero attached hydrogens (tertiary/aromatic N) is 2. The number of hydrogen-bond donors (Lipinski definition) is 1. The molecule has 1 rings (SSSR count). The van der Waals surface area contributed by atoms with Crippen molar-refractivity contribution in [2.45, 2.75) is 6.54 Å². The monoisotopic (exact) mass is 239 g/mol. The summed E-state index contributed by atoms with van der Waals surface area (Å²) in [6.45, 7) is 1.48. The fraction of sp³-hybridized carbons (Fsp3) is 0.500. The third-order valence-corrected chi connectivity index (χ3v) is 2.04. The van der Waals surface area contributed by atoms with E-state index >= 15 is 0 Å². The van der Waals surface area contributed by atoms with Gasteiger partial charge in [0.25, 0.3) is 5.56 Å². The van der Waals surface area contributed by atoms with E-state index in [1.54, 1.807) is 13.2 Å². The molecule has 0 radical (unpaired) electrons. The van der Waals surface area contributed by atoms with Gasteiger partial charge in [0, 0.05) is 13.3 Å². The van der Waals surface area contributed by atoms with Crippen molar-refractivity contribution in [3.8, 4) is 6.07 Å². The van der Waals surface area contributed by atoms with Crippen LogP contribution < -0.4 is 11.2 Å². The van der Waals surface area contributed by atoms with Gasteiger partial charge in [-0.3, -0.25) is 14.3 Å². The lowest BCUT2D eigenvalue weighted by atomic mass is 10.4. The van der Waals surface area contributed by atoms with Crippen molar-refractivity contribution in [2.24, 2.45) is 0 Å². The molecule has 7 heteroatoms. The Hall–Kier alpha value is -1.91. The van der Waals surface area contributed by atoms with Gasteiger partial charge in [-0.2, -0.15) is 5.26 Å². The van der Waals surface area contributed by atoms with Gasteiger partial charge in [0.2, 0.25) is 0 Å². The summed E-state index contributed by atoms with van der Waals surface area (Å²) in [4.78, 5) is 24.5. The Morgan fingerprint density at radius 2 is 2.18 bits per heavy atom. The van der Waals surface area contributed by atoms with Gasteiger partial charge in [-0.05, 0) is 0 Å². The average Bonchev–Trinajstić information content (AvgIpc) is 2.31. The summed E-state index contributed by atoms with van der Waals surface area (Å²) in [5.41, 5.74) is -1.32. The molecule has 0 unspecified atom stereocenters. The van der Waals surface area contributed by atoms with Crippen molar-refractivity contribution < 1.29 is 9.47 Å². The number of aromatic nitrogens is 2. The van der Waals surface area contributed by atoms with E-state index in [-0.39, 0.29) is 12.1 Å². The van der Waals surface area contributed by atoms with Crippen LogP contribution in [0, 0.1) is 11.3 Å². The zero-order chi connectivity index (χ0) is 12.7. The molecule has 0 aliphatic heterocycles. The lowest BCUT2D eigenvalue weighted by molar-refractivity contribution is 0.0661.